The highest BCUT2D eigenvalue weighted by atomic mass is 16.5. The van der Waals surface area contributed by atoms with Crippen LogP contribution in [0.5, 0.6) is 5.75 Å². The molecule has 3 nitrogen and oxygen atoms in total. The van der Waals surface area contributed by atoms with Crippen LogP contribution in [0.2, 0.25) is 0 Å². The number of rotatable bonds is 4. The molecule has 0 amide bonds. The second-order valence-electron chi connectivity index (χ2n) is 7.43. The Bertz CT molecular complexity index is 1000. The number of hydrogen-bond donors (Lipinski definition) is 0. The highest BCUT2D eigenvalue weighted by Gasteiger charge is 2.23. The number of ether oxygens (including phenoxy) is 1. The Morgan fingerprint density at radius 1 is 0.852 bits per heavy atom. The highest BCUT2D eigenvalue weighted by Crippen LogP contribution is 2.21. The molecule has 27 heavy (non-hydrogen) atoms. The predicted molar refractivity (Wildman–Crippen MR) is 109 cm³/mol. The van der Waals surface area contributed by atoms with Gasteiger partial charge in [0.1, 0.15) is 5.75 Å². The summed E-state index contributed by atoms with van der Waals surface area (Å²) in [4.78, 5) is 24.4. The van der Waals surface area contributed by atoms with E-state index in [1.165, 1.54) is 0 Å². The smallest absolute Gasteiger partial charge is 0.316 e. The molecule has 3 rings (SSSR count). The fraction of sp³-hybridized carbons (Fsp3) is 0.167. The SMILES string of the molecule is CC(C)(C)C(=O)Oc1ccc(C(=O)/C=C/c2cccc3ccccc23)cc1. The minimum absolute atomic E-state index is 0.100. The number of esters is 1. The van der Waals surface area contributed by atoms with E-state index in [0.29, 0.717) is 11.3 Å². The Morgan fingerprint density at radius 3 is 2.22 bits per heavy atom. The fourth-order valence-electron chi connectivity index (χ4n) is 2.60. The van der Waals surface area contributed by atoms with Crippen LogP contribution in [0.1, 0.15) is 36.7 Å². The molecule has 0 aliphatic heterocycles. The van der Waals surface area contributed by atoms with E-state index in [2.05, 4.69) is 0 Å². The summed E-state index contributed by atoms with van der Waals surface area (Å²) in [6.45, 7) is 5.39. The highest BCUT2D eigenvalue weighted by molar-refractivity contribution is 6.07. The maximum absolute atomic E-state index is 12.5. The first kappa shape index (κ1) is 18.6. The largest absolute Gasteiger partial charge is 0.426 e. The summed E-state index contributed by atoms with van der Waals surface area (Å²) in [6, 6.07) is 20.7. The van der Waals surface area contributed by atoms with E-state index < -0.39 is 5.41 Å². The van der Waals surface area contributed by atoms with Crippen molar-refractivity contribution in [3.63, 3.8) is 0 Å². The molecule has 0 saturated heterocycles. The zero-order valence-corrected chi connectivity index (χ0v) is 15.7. The fourth-order valence-corrected chi connectivity index (χ4v) is 2.60. The summed E-state index contributed by atoms with van der Waals surface area (Å²) in [7, 11) is 0. The molecule has 136 valence electrons. The molecule has 0 N–H and O–H groups in total. The number of benzene rings is 3. The Labute approximate surface area is 159 Å². The van der Waals surface area contributed by atoms with Gasteiger partial charge in [-0.25, -0.2) is 0 Å². The number of fused-ring (bicyclic) bond motifs is 1. The van der Waals surface area contributed by atoms with Crippen molar-refractivity contribution in [2.75, 3.05) is 0 Å². The Morgan fingerprint density at radius 2 is 1.52 bits per heavy atom. The van der Waals surface area contributed by atoms with Gasteiger partial charge >= 0.3 is 5.97 Å². The summed E-state index contributed by atoms with van der Waals surface area (Å²) in [5, 5.41) is 2.24. The molecule has 0 radical (unpaired) electrons. The van der Waals surface area contributed by atoms with Gasteiger partial charge < -0.3 is 4.74 Å². The van der Waals surface area contributed by atoms with E-state index in [-0.39, 0.29) is 11.8 Å². The van der Waals surface area contributed by atoms with E-state index in [1.807, 2.05) is 48.5 Å². The lowest BCUT2D eigenvalue weighted by Gasteiger charge is -2.16. The van der Waals surface area contributed by atoms with Crippen molar-refractivity contribution in [2.45, 2.75) is 20.8 Å². The molecule has 0 aliphatic rings. The van der Waals surface area contributed by atoms with Crippen LogP contribution < -0.4 is 4.74 Å². The summed E-state index contributed by atoms with van der Waals surface area (Å²) in [6.07, 6.45) is 3.40. The number of hydrogen-bond acceptors (Lipinski definition) is 3. The van der Waals surface area contributed by atoms with Gasteiger partial charge in [0.15, 0.2) is 5.78 Å². The molecule has 3 aromatic carbocycles. The number of carbonyl (C=O) groups is 2. The van der Waals surface area contributed by atoms with Crippen LogP contribution in [0.4, 0.5) is 0 Å². The normalized spacial score (nSPS) is 11.7. The zero-order chi connectivity index (χ0) is 19.4. The lowest BCUT2D eigenvalue weighted by Crippen LogP contribution is -2.25. The molecule has 0 atom stereocenters. The van der Waals surface area contributed by atoms with Gasteiger partial charge in [-0.2, -0.15) is 0 Å². The predicted octanol–water partition coefficient (Wildman–Crippen LogP) is 5.69. The summed E-state index contributed by atoms with van der Waals surface area (Å²) in [5.41, 5.74) is 0.967. The standard InChI is InChI=1S/C24H22O3/c1-24(2,3)23(26)27-20-14-11-19(12-15-20)22(25)16-13-18-9-6-8-17-7-4-5-10-21(17)18/h4-16H,1-3H3/b16-13+. The Hall–Kier alpha value is -3.20. The van der Waals surface area contributed by atoms with E-state index in [0.717, 1.165) is 16.3 Å². The van der Waals surface area contributed by atoms with Gasteiger partial charge in [-0.3, -0.25) is 9.59 Å². The van der Waals surface area contributed by atoms with Crippen LogP contribution in [0.3, 0.4) is 0 Å². The van der Waals surface area contributed by atoms with E-state index >= 15 is 0 Å². The van der Waals surface area contributed by atoms with Crippen molar-refractivity contribution in [3.05, 3.63) is 83.9 Å². The minimum atomic E-state index is -0.574. The van der Waals surface area contributed by atoms with Gasteiger partial charge in [0.25, 0.3) is 0 Å². The topological polar surface area (TPSA) is 43.4 Å². The average Bonchev–Trinajstić information content (AvgIpc) is 2.66. The monoisotopic (exact) mass is 358 g/mol. The lowest BCUT2D eigenvalue weighted by atomic mass is 9.97. The molecule has 0 spiro atoms. The molecule has 0 unspecified atom stereocenters. The van der Waals surface area contributed by atoms with Crippen LogP contribution in [-0.2, 0) is 4.79 Å². The van der Waals surface area contributed by atoms with E-state index in [4.69, 9.17) is 4.74 Å². The quantitative estimate of drug-likeness (QED) is 0.260. The molecular weight excluding hydrogens is 336 g/mol. The maximum atomic E-state index is 12.5. The van der Waals surface area contributed by atoms with Gasteiger partial charge in [0, 0.05) is 5.56 Å². The molecule has 0 aliphatic carbocycles. The third-order valence-corrected chi connectivity index (χ3v) is 4.20. The Kier molecular flexibility index (Phi) is 5.22. The Balaban J connectivity index is 1.74. The van der Waals surface area contributed by atoms with Crippen LogP contribution in [0, 0.1) is 5.41 Å². The van der Waals surface area contributed by atoms with Crippen molar-refractivity contribution in [2.24, 2.45) is 5.41 Å². The van der Waals surface area contributed by atoms with Gasteiger partial charge in [-0.15, -0.1) is 0 Å². The van der Waals surface area contributed by atoms with Crippen molar-refractivity contribution in [3.8, 4) is 5.75 Å². The third kappa shape index (κ3) is 4.50. The van der Waals surface area contributed by atoms with Crippen molar-refractivity contribution >= 4 is 28.6 Å². The van der Waals surface area contributed by atoms with Crippen LogP contribution in [0.15, 0.2) is 72.8 Å². The first-order chi connectivity index (χ1) is 12.8. The third-order valence-electron chi connectivity index (χ3n) is 4.20. The van der Waals surface area contributed by atoms with Gasteiger partial charge in [0.05, 0.1) is 5.41 Å². The molecule has 3 aromatic rings. The first-order valence-corrected chi connectivity index (χ1v) is 8.87. The first-order valence-electron chi connectivity index (χ1n) is 8.87. The van der Waals surface area contributed by atoms with E-state index in [1.54, 1.807) is 51.1 Å². The molecule has 0 aromatic heterocycles. The van der Waals surface area contributed by atoms with Crippen molar-refractivity contribution < 1.29 is 14.3 Å². The number of ketones is 1. The van der Waals surface area contributed by atoms with Gasteiger partial charge in [0.2, 0.25) is 0 Å². The number of allylic oxidation sites excluding steroid dienone is 1. The van der Waals surface area contributed by atoms with Gasteiger partial charge in [-0.05, 0) is 67.4 Å². The summed E-state index contributed by atoms with van der Waals surface area (Å²) in [5.74, 6) is 0.0265. The van der Waals surface area contributed by atoms with Gasteiger partial charge in [-0.1, -0.05) is 48.5 Å². The van der Waals surface area contributed by atoms with Crippen molar-refractivity contribution in [1.29, 1.82) is 0 Å². The molecule has 3 heteroatoms. The van der Waals surface area contributed by atoms with Crippen molar-refractivity contribution in [1.82, 2.24) is 0 Å². The maximum Gasteiger partial charge on any atom is 0.316 e. The summed E-state index contributed by atoms with van der Waals surface area (Å²) < 4.78 is 5.32. The van der Waals surface area contributed by atoms with Crippen LogP contribution in [0.25, 0.3) is 16.8 Å². The van der Waals surface area contributed by atoms with Crippen LogP contribution in [-0.4, -0.2) is 11.8 Å². The van der Waals surface area contributed by atoms with E-state index in [9.17, 15) is 9.59 Å². The average molecular weight is 358 g/mol. The number of carbonyl (C=O) groups excluding carboxylic acids is 2. The molecule has 0 bridgehead atoms. The lowest BCUT2D eigenvalue weighted by molar-refractivity contribution is -0.142. The molecular formula is C24H22O3. The second-order valence-corrected chi connectivity index (χ2v) is 7.43. The minimum Gasteiger partial charge on any atom is -0.426 e. The molecule has 0 saturated carbocycles. The summed E-state index contributed by atoms with van der Waals surface area (Å²) >= 11 is 0. The zero-order valence-electron chi connectivity index (χ0n) is 15.7. The molecule has 0 heterocycles. The van der Waals surface area contributed by atoms with Crippen LogP contribution >= 0.6 is 0 Å². The second kappa shape index (κ2) is 7.58. The molecule has 0 fully saturated rings.